The van der Waals surface area contributed by atoms with Crippen molar-refractivity contribution in [1.29, 1.82) is 0 Å². The van der Waals surface area contributed by atoms with E-state index in [0.717, 1.165) is 5.84 Å². The SMILES string of the molecule is CC(C)(C)C(=NC1CCCCCC1)NN. The normalized spacial score (nSPS) is 21.2. The van der Waals surface area contributed by atoms with Crippen molar-refractivity contribution in [2.24, 2.45) is 16.3 Å². The van der Waals surface area contributed by atoms with Crippen LogP contribution in [0.2, 0.25) is 0 Å². The number of nitrogens with one attached hydrogen (secondary N) is 1. The van der Waals surface area contributed by atoms with E-state index in [-0.39, 0.29) is 5.41 Å². The van der Waals surface area contributed by atoms with Gasteiger partial charge >= 0.3 is 0 Å². The number of hydrogen-bond acceptors (Lipinski definition) is 2. The maximum atomic E-state index is 5.53. The molecule has 0 aliphatic heterocycles. The lowest BCUT2D eigenvalue weighted by Crippen LogP contribution is -2.40. The summed E-state index contributed by atoms with van der Waals surface area (Å²) in [6, 6.07) is 0.484. The fraction of sp³-hybridized carbons (Fsp3) is 0.917. The lowest BCUT2D eigenvalue weighted by molar-refractivity contribution is 0.531. The average molecular weight is 211 g/mol. The molecule has 0 spiro atoms. The van der Waals surface area contributed by atoms with Crippen LogP contribution >= 0.6 is 0 Å². The van der Waals surface area contributed by atoms with E-state index >= 15 is 0 Å². The van der Waals surface area contributed by atoms with E-state index in [1.807, 2.05) is 0 Å². The number of hydrazine groups is 1. The predicted octanol–water partition coefficient (Wildman–Crippen LogP) is 2.62. The fourth-order valence-corrected chi connectivity index (χ4v) is 2.02. The summed E-state index contributed by atoms with van der Waals surface area (Å²) in [6.45, 7) is 6.42. The molecule has 0 aromatic rings. The number of amidine groups is 1. The van der Waals surface area contributed by atoms with Gasteiger partial charge in [0.15, 0.2) is 0 Å². The van der Waals surface area contributed by atoms with Gasteiger partial charge in [-0.1, -0.05) is 46.5 Å². The molecule has 1 fully saturated rings. The summed E-state index contributed by atoms with van der Waals surface area (Å²) < 4.78 is 0. The molecule has 1 aliphatic rings. The zero-order chi connectivity index (χ0) is 11.3. The van der Waals surface area contributed by atoms with E-state index in [4.69, 9.17) is 10.8 Å². The highest BCUT2D eigenvalue weighted by Crippen LogP contribution is 2.22. The molecular weight excluding hydrogens is 186 g/mol. The Balaban J connectivity index is 2.64. The van der Waals surface area contributed by atoms with Gasteiger partial charge in [0.25, 0.3) is 0 Å². The number of hydrogen-bond donors (Lipinski definition) is 2. The Labute approximate surface area is 93.5 Å². The van der Waals surface area contributed by atoms with Crippen LogP contribution in [0, 0.1) is 5.41 Å². The maximum Gasteiger partial charge on any atom is 0.116 e. The summed E-state index contributed by atoms with van der Waals surface area (Å²) >= 11 is 0. The van der Waals surface area contributed by atoms with Gasteiger partial charge in [-0.2, -0.15) is 0 Å². The van der Waals surface area contributed by atoms with Gasteiger partial charge in [0.05, 0.1) is 6.04 Å². The molecule has 15 heavy (non-hydrogen) atoms. The minimum atomic E-state index is 0.0288. The van der Waals surface area contributed by atoms with Gasteiger partial charge in [0.2, 0.25) is 0 Å². The smallest absolute Gasteiger partial charge is 0.116 e. The van der Waals surface area contributed by atoms with Crippen molar-refractivity contribution in [3.8, 4) is 0 Å². The maximum absolute atomic E-state index is 5.53. The first kappa shape index (κ1) is 12.5. The summed E-state index contributed by atoms with van der Waals surface area (Å²) in [6.07, 6.45) is 7.81. The van der Waals surface area contributed by atoms with Crippen molar-refractivity contribution in [2.45, 2.75) is 65.3 Å². The van der Waals surface area contributed by atoms with E-state index < -0.39 is 0 Å². The van der Waals surface area contributed by atoms with Gasteiger partial charge in [0, 0.05) is 5.41 Å². The second-order valence-electron chi connectivity index (χ2n) is 5.52. The van der Waals surface area contributed by atoms with Gasteiger partial charge in [-0.15, -0.1) is 0 Å². The molecule has 3 N–H and O–H groups in total. The Hall–Kier alpha value is -0.570. The van der Waals surface area contributed by atoms with Gasteiger partial charge in [-0.05, 0) is 12.8 Å². The third-order valence-corrected chi connectivity index (χ3v) is 2.98. The summed E-state index contributed by atoms with van der Waals surface area (Å²) in [5, 5.41) is 0. The summed E-state index contributed by atoms with van der Waals surface area (Å²) in [7, 11) is 0. The monoisotopic (exact) mass is 211 g/mol. The van der Waals surface area contributed by atoms with Crippen molar-refractivity contribution in [3.63, 3.8) is 0 Å². The summed E-state index contributed by atoms with van der Waals surface area (Å²) in [4.78, 5) is 4.77. The lowest BCUT2D eigenvalue weighted by atomic mass is 9.94. The molecule has 3 heteroatoms. The predicted molar refractivity (Wildman–Crippen MR) is 65.7 cm³/mol. The van der Waals surface area contributed by atoms with Crippen LogP contribution in [0.15, 0.2) is 4.99 Å². The largest absolute Gasteiger partial charge is 0.312 e. The minimum absolute atomic E-state index is 0.0288. The number of nitrogens with two attached hydrogens (primary N) is 1. The standard InChI is InChI=1S/C12H25N3/c1-12(2,3)11(15-13)14-10-8-6-4-5-7-9-10/h10H,4-9,13H2,1-3H3,(H,14,15). The molecule has 0 aromatic heterocycles. The van der Waals surface area contributed by atoms with Gasteiger partial charge in [-0.3, -0.25) is 4.99 Å². The highest BCUT2D eigenvalue weighted by atomic mass is 15.3. The van der Waals surface area contributed by atoms with Crippen LogP contribution in [0.4, 0.5) is 0 Å². The number of aliphatic imine (C=N–C) groups is 1. The zero-order valence-electron chi connectivity index (χ0n) is 10.3. The van der Waals surface area contributed by atoms with E-state index in [1.165, 1.54) is 38.5 Å². The van der Waals surface area contributed by atoms with Crippen LogP contribution in [0.3, 0.4) is 0 Å². The van der Waals surface area contributed by atoms with Crippen LogP contribution < -0.4 is 11.3 Å². The van der Waals surface area contributed by atoms with Crippen LogP contribution in [0.1, 0.15) is 59.3 Å². The van der Waals surface area contributed by atoms with Crippen molar-refractivity contribution in [1.82, 2.24) is 5.43 Å². The molecule has 1 saturated carbocycles. The molecule has 0 radical (unpaired) electrons. The Morgan fingerprint density at radius 2 is 1.67 bits per heavy atom. The first-order chi connectivity index (χ1) is 7.04. The quantitative estimate of drug-likeness (QED) is 0.230. The molecule has 3 nitrogen and oxygen atoms in total. The molecule has 1 aliphatic carbocycles. The van der Waals surface area contributed by atoms with Gasteiger partial charge in [0.1, 0.15) is 5.84 Å². The van der Waals surface area contributed by atoms with Crippen molar-refractivity contribution in [3.05, 3.63) is 0 Å². The minimum Gasteiger partial charge on any atom is -0.312 e. The molecule has 0 heterocycles. The van der Waals surface area contributed by atoms with Crippen LogP contribution in [-0.2, 0) is 0 Å². The van der Waals surface area contributed by atoms with Crippen LogP contribution in [0.5, 0.6) is 0 Å². The highest BCUT2D eigenvalue weighted by Gasteiger charge is 2.20. The topological polar surface area (TPSA) is 50.4 Å². The van der Waals surface area contributed by atoms with Crippen molar-refractivity contribution >= 4 is 5.84 Å². The first-order valence-corrected chi connectivity index (χ1v) is 6.09. The lowest BCUT2D eigenvalue weighted by Gasteiger charge is -2.23. The molecule has 0 amide bonds. The molecular formula is C12H25N3. The van der Waals surface area contributed by atoms with Crippen molar-refractivity contribution in [2.75, 3.05) is 0 Å². The van der Waals surface area contributed by atoms with Crippen LogP contribution in [-0.4, -0.2) is 11.9 Å². The molecule has 0 atom stereocenters. The third-order valence-electron chi connectivity index (χ3n) is 2.98. The van der Waals surface area contributed by atoms with E-state index in [2.05, 4.69) is 26.2 Å². The molecule has 0 saturated heterocycles. The molecule has 0 bridgehead atoms. The molecule has 1 rings (SSSR count). The Bertz CT molecular complexity index is 207. The molecule has 0 unspecified atom stereocenters. The fourth-order valence-electron chi connectivity index (χ4n) is 2.02. The molecule has 0 aromatic carbocycles. The Kier molecular flexibility index (Phi) is 4.58. The van der Waals surface area contributed by atoms with E-state index in [9.17, 15) is 0 Å². The van der Waals surface area contributed by atoms with Gasteiger partial charge in [-0.25, -0.2) is 5.84 Å². The first-order valence-electron chi connectivity index (χ1n) is 6.09. The Morgan fingerprint density at radius 1 is 1.13 bits per heavy atom. The Morgan fingerprint density at radius 3 is 2.07 bits per heavy atom. The van der Waals surface area contributed by atoms with E-state index in [0.29, 0.717) is 6.04 Å². The summed E-state index contributed by atoms with van der Waals surface area (Å²) in [5.41, 5.74) is 2.79. The number of rotatable bonds is 1. The second-order valence-corrected chi connectivity index (χ2v) is 5.52. The number of nitrogens with zero attached hydrogens (tertiary/aromatic N) is 1. The van der Waals surface area contributed by atoms with E-state index in [1.54, 1.807) is 0 Å². The van der Waals surface area contributed by atoms with Crippen LogP contribution in [0.25, 0.3) is 0 Å². The third kappa shape index (κ3) is 4.20. The summed E-state index contributed by atoms with van der Waals surface area (Å²) in [5.74, 6) is 6.47. The van der Waals surface area contributed by atoms with Gasteiger partial charge < -0.3 is 5.43 Å². The molecule has 88 valence electrons. The van der Waals surface area contributed by atoms with Crippen molar-refractivity contribution < 1.29 is 0 Å². The highest BCUT2D eigenvalue weighted by molar-refractivity contribution is 5.86. The second kappa shape index (κ2) is 5.50. The average Bonchev–Trinajstić information content (AvgIpc) is 2.40. The zero-order valence-corrected chi connectivity index (χ0v) is 10.3.